The van der Waals surface area contributed by atoms with Gasteiger partial charge in [-0.1, -0.05) is 23.2 Å². The summed E-state index contributed by atoms with van der Waals surface area (Å²) in [4.78, 5) is 24.4. The molecule has 0 aromatic rings. The largest absolute Gasteiger partial charge is 0.465 e. The minimum absolute atomic E-state index is 0.0156. The zero-order chi connectivity index (χ0) is 11.9. The van der Waals surface area contributed by atoms with Gasteiger partial charge >= 0.3 is 5.97 Å². The third-order valence-electron chi connectivity index (χ3n) is 3.24. The van der Waals surface area contributed by atoms with Crippen LogP contribution in [-0.4, -0.2) is 40.3 Å². The number of halogens is 2. The summed E-state index contributed by atoms with van der Waals surface area (Å²) in [5, 5.41) is 0. The molecule has 4 nitrogen and oxygen atoms in total. The van der Waals surface area contributed by atoms with Crippen LogP contribution in [0.2, 0.25) is 0 Å². The van der Waals surface area contributed by atoms with Crippen LogP contribution in [0.5, 0.6) is 0 Å². The zero-order valence-corrected chi connectivity index (χ0v) is 10.4. The van der Waals surface area contributed by atoms with Crippen LogP contribution in [0, 0.1) is 5.92 Å². The number of carbonyl (C=O) groups excluding carboxylic acids is 2. The van der Waals surface area contributed by atoms with Crippen molar-refractivity contribution in [3.05, 3.63) is 0 Å². The lowest BCUT2D eigenvalue weighted by Crippen LogP contribution is -2.35. The second kappa shape index (κ2) is 4.08. The fraction of sp³-hybridized carbons (Fsp3) is 0.800. The highest BCUT2D eigenvalue weighted by atomic mass is 35.5. The molecule has 0 aromatic carbocycles. The van der Waals surface area contributed by atoms with Gasteiger partial charge in [-0.25, -0.2) is 0 Å². The number of fused-ring (bicyclic) bond motifs is 1. The second-order valence-corrected chi connectivity index (χ2v) is 5.63. The molecule has 6 heteroatoms. The summed E-state index contributed by atoms with van der Waals surface area (Å²) in [6.07, 6.45) is 1.83. The van der Waals surface area contributed by atoms with Crippen LogP contribution < -0.4 is 0 Å². The zero-order valence-electron chi connectivity index (χ0n) is 8.91. The first-order valence-corrected chi connectivity index (χ1v) is 6.02. The fourth-order valence-corrected chi connectivity index (χ4v) is 3.11. The molecule has 1 amide bonds. The SMILES string of the molecule is CC(=O)OC[C@H]1[C@@H]2CCCN2C(=O)C1(Cl)Cl. The van der Waals surface area contributed by atoms with E-state index >= 15 is 0 Å². The quantitative estimate of drug-likeness (QED) is 0.559. The van der Waals surface area contributed by atoms with Crippen LogP contribution in [-0.2, 0) is 14.3 Å². The van der Waals surface area contributed by atoms with E-state index < -0.39 is 4.33 Å². The maximum Gasteiger partial charge on any atom is 0.302 e. The van der Waals surface area contributed by atoms with Gasteiger partial charge in [-0.2, -0.15) is 0 Å². The van der Waals surface area contributed by atoms with Gasteiger partial charge in [0.25, 0.3) is 5.91 Å². The highest BCUT2D eigenvalue weighted by molar-refractivity contribution is 6.58. The number of carbonyl (C=O) groups is 2. The number of hydrogen-bond donors (Lipinski definition) is 0. The van der Waals surface area contributed by atoms with Crippen LogP contribution >= 0.6 is 23.2 Å². The first kappa shape index (κ1) is 12.0. The minimum atomic E-state index is -1.44. The third-order valence-corrected chi connectivity index (χ3v) is 4.13. The van der Waals surface area contributed by atoms with E-state index in [9.17, 15) is 9.59 Å². The molecule has 2 heterocycles. The molecule has 0 aromatic heterocycles. The highest BCUT2D eigenvalue weighted by Gasteiger charge is 2.59. The lowest BCUT2D eigenvalue weighted by atomic mass is 9.98. The Balaban J connectivity index is 2.14. The van der Waals surface area contributed by atoms with E-state index in [4.69, 9.17) is 27.9 Å². The van der Waals surface area contributed by atoms with E-state index in [1.54, 1.807) is 4.90 Å². The molecule has 0 aliphatic carbocycles. The smallest absolute Gasteiger partial charge is 0.302 e. The first-order valence-electron chi connectivity index (χ1n) is 5.27. The van der Waals surface area contributed by atoms with Crippen LogP contribution in [0.3, 0.4) is 0 Å². The van der Waals surface area contributed by atoms with Gasteiger partial charge in [0, 0.05) is 19.5 Å². The standard InChI is InChI=1S/C10H13Cl2NO3/c1-6(14)16-5-7-8-3-2-4-13(8)9(15)10(7,11)12/h7-8H,2-5H2,1H3/t7-,8-/m0/s1. The summed E-state index contributed by atoms with van der Waals surface area (Å²) >= 11 is 12.1. The predicted molar refractivity (Wildman–Crippen MR) is 59.3 cm³/mol. The summed E-state index contributed by atoms with van der Waals surface area (Å²) < 4.78 is 3.49. The van der Waals surface area contributed by atoms with Crippen molar-refractivity contribution < 1.29 is 14.3 Å². The molecule has 2 rings (SSSR count). The molecule has 2 fully saturated rings. The van der Waals surface area contributed by atoms with Crippen LogP contribution in [0.15, 0.2) is 0 Å². The van der Waals surface area contributed by atoms with E-state index in [0.717, 1.165) is 12.8 Å². The van der Waals surface area contributed by atoms with E-state index in [1.807, 2.05) is 0 Å². The average molecular weight is 266 g/mol. The Morgan fingerprint density at radius 1 is 1.62 bits per heavy atom. The molecule has 2 aliphatic heterocycles. The van der Waals surface area contributed by atoms with Crippen molar-refractivity contribution in [2.75, 3.05) is 13.2 Å². The lowest BCUT2D eigenvalue weighted by molar-refractivity contribution is -0.142. The number of alkyl halides is 2. The van der Waals surface area contributed by atoms with Gasteiger partial charge in [-0.05, 0) is 12.8 Å². The van der Waals surface area contributed by atoms with Gasteiger partial charge in [-0.15, -0.1) is 0 Å². The number of nitrogens with zero attached hydrogens (tertiary/aromatic N) is 1. The second-order valence-electron chi connectivity index (χ2n) is 4.24. The van der Waals surface area contributed by atoms with Gasteiger partial charge in [0.05, 0.1) is 12.5 Å². The van der Waals surface area contributed by atoms with Crippen molar-refractivity contribution in [1.29, 1.82) is 0 Å². The van der Waals surface area contributed by atoms with Gasteiger partial charge in [0.1, 0.15) is 0 Å². The molecular formula is C10H13Cl2NO3. The Hall–Kier alpha value is -0.480. The van der Waals surface area contributed by atoms with Crippen LogP contribution in [0.1, 0.15) is 19.8 Å². The monoisotopic (exact) mass is 265 g/mol. The Morgan fingerprint density at radius 2 is 2.31 bits per heavy atom. The summed E-state index contributed by atoms with van der Waals surface area (Å²) in [5.74, 6) is -0.960. The number of esters is 1. The summed E-state index contributed by atoms with van der Waals surface area (Å²) in [6, 6.07) is 0.0156. The van der Waals surface area contributed by atoms with E-state index in [1.165, 1.54) is 6.92 Å². The van der Waals surface area contributed by atoms with E-state index in [-0.39, 0.29) is 30.4 Å². The van der Waals surface area contributed by atoms with Crippen molar-refractivity contribution in [2.45, 2.75) is 30.1 Å². The molecule has 16 heavy (non-hydrogen) atoms. The van der Waals surface area contributed by atoms with Crippen molar-refractivity contribution in [3.8, 4) is 0 Å². The van der Waals surface area contributed by atoms with Crippen LogP contribution in [0.25, 0.3) is 0 Å². The maximum absolute atomic E-state index is 11.9. The first-order chi connectivity index (χ1) is 7.44. The molecule has 0 N–H and O–H groups in total. The number of hydrogen-bond acceptors (Lipinski definition) is 3. The molecule has 0 saturated carbocycles. The van der Waals surface area contributed by atoms with Gasteiger partial charge in [0.2, 0.25) is 4.33 Å². The molecule has 2 atom stereocenters. The van der Waals surface area contributed by atoms with Gasteiger partial charge in [0.15, 0.2) is 0 Å². The molecule has 0 radical (unpaired) electrons. The Kier molecular flexibility index (Phi) is 3.05. The maximum atomic E-state index is 11.9. The third kappa shape index (κ3) is 1.78. The summed E-state index contributed by atoms with van der Waals surface area (Å²) in [6.45, 7) is 2.13. The van der Waals surface area contributed by atoms with Crippen molar-refractivity contribution >= 4 is 35.1 Å². The number of rotatable bonds is 2. The van der Waals surface area contributed by atoms with Crippen molar-refractivity contribution in [3.63, 3.8) is 0 Å². The Labute approximate surface area is 104 Å². The highest BCUT2D eigenvalue weighted by Crippen LogP contribution is 2.46. The van der Waals surface area contributed by atoms with E-state index in [2.05, 4.69) is 0 Å². The fourth-order valence-electron chi connectivity index (χ4n) is 2.48. The molecular weight excluding hydrogens is 253 g/mol. The topological polar surface area (TPSA) is 46.6 Å². The van der Waals surface area contributed by atoms with Crippen LogP contribution in [0.4, 0.5) is 0 Å². The molecule has 2 aliphatic rings. The van der Waals surface area contributed by atoms with Gasteiger partial charge < -0.3 is 9.64 Å². The Morgan fingerprint density at radius 3 is 2.94 bits per heavy atom. The minimum Gasteiger partial charge on any atom is -0.465 e. The van der Waals surface area contributed by atoms with E-state index in [0.29, 0.717) is 6.54 Å². The van der Waals surface area contributed by atoms with Crippen molar-refractivity contribution in [1.82, 2.24) is 4.90 Å². The average Bonchev–Trinajstić information content (AvgIpc) is 2.69. The molecule has 90 valence electrons. The van der Waals surface area contributed by atoms with Crippen molar-refractivity contribution in [2.24, 2.45) is 5.92 Å². The summed E-state index contributed by atoms with van der Waals surface area (Å²) in [7, 11) is 0. The molecule has 0 bridgehead atoms. The molecule has 0 spiro atoms. The number of amides is 1. The number of ether oxygens (including phenoxy) is 1. The predicted octanol–water partition coefficient (Wildman–Crippen LogP) is 1.34. The molecule has 2 saturated heterocycles. The van der Waals surface area contributed by atoms with Gasteiger partial charge in [-0.3, -0.25) is 9.59 Å². The normalized spacial score (nSPS) is 31.7. The Bertz CT molecular complexity index is 332. The summed E-state index contributed by atoms with van der Waals surface area (Å²) in [5.41, 5.74) is 0. The lowest BCUT2D eigenvalue weighted by Gasteiger charge is -2.22. The molecule has 0 unspecified atom stereocenters.